The van der Waals surface area contributed by atoms with Crippen LogP contribution in [-0.4, -0.2) is 26.0 Å². The molecule has 3 nitrogen and oxygen atoms in total. The van der Waals surface area contributed by atoms with Crippen LogP contribution in [0.5, 0.6) is 0 Å². The van der Waals surface area contributed by atoms with Gasteiger partial charge in [-0.2, -0.15) is 0 Å². The zero-order valence-electron chi connectivity index (χ0n) is 12.5. The summed E-state index contributed by atoms with van der Waals surface area (Å²) in [6.07, 6.45) is 9.90. The lowest BCUT2D eigenvalue weighted by molar-refractivity contribution is -0.125. The van der Waals surface area contributed by atoms with Crippen LogP contribution in [0.2, 0.25) is 0 Å². The van der Waals surface area contributed by atoms with E-state index in [0.29, 0.717) is 0 Å². The minimum atomic E-state index is 0. The van der Waals surface area contributed by atoms with Crippen molar-refractivity contribution in [1.82, 2.24) is 10.6 Å². The molecule has 1 unspecified atom stereocenters. The fourth-order valence-corrected chi connectivity index (χ4v) is 2.91. The molecule has 2 N–H and O–H groups in total. The predicted octanol–water partition coefficient (Wildman–Crippen LogP) is 3.13. The molecule has 0 radical (unpaired) electrons. The van der Waals surface area contributed by atoms with E-state index in [1.54, 1.807) is 0 Å². The summed E-state index contributed by atoms with van der Waals surface area (Å²) in [6, 6.07) is 0. The predicted molar refractivity (Wildman–Crippen MR) is 83.8 cm³/mol. The largest absolute Gasteiger partial charge is 0.356 e. The van der Waals surface area contributed by atoms with Crippen LogP contribution in [0.4, 0.5) is 0 Å². The van der Waals surface area contributed by atoms with E-state index >= 15 is 0 Å². The van der Waals surface area contributed by atoms with Crippen molar-refractivity contribution >= 4 is 18.3 Å². The van der Waals surface area contributed by atoms with Gasteiger partial charge in [-0.3, -0.25) is 4.79 Å². The first-order valence-electron chi connectivity index (χ1n) is 7.70. The number of hydrogen-bond donors (Lipinski definition) is 2. The van der Waals surface area contributed by atoms with Crippen molar-refractivity contribution in [3.63, 3.8) is 0 Å². The molecular formula is C15H31ClN2O. The van der Waals surface area contributed by atoms with Crippen molar-refractivity contribution in [2.75, 3.05) is 20.1 Å². The molecule has 4 heteroatoms. The second-order valence-corrected chi connectivity index (χ2v) is 5.59. The molecule has 0 saturated heterocycles. The van der Waals surface area contributed by atoms with E-state index in [0.717, 1.165) is 38.3 Å². The standard InChI is InChI=1S/C15H30N2O.ClH/c1-3-14(12-13-8-5-4-6-9-13)15(18)17-11-7-10-16-2;/h13-14,16H,3-12H2,1-2H3,(H,17,18);1H. The molecule has 0 aliphatic heterocycles. The van der Waals surface area contributed by atoms with Gasteiger partial charge in [0.25, 0.3) is 0 Å². The topological polar surface area (TPSA) is 41.1 Å². The molecule has 19 heavy (non-hydrogen) atoms. The molecular weight excluding hydrogens is 260 g/mol. The van der Waals surface area contributed by atoms with Gasteiger partial charge >= 0.3 is 0 Å². The smallest absolute Gasteiger partial charge is 0.223 e. The first-order chi connectivity index (χ1) is 8.77. The number of carbonyl (C=O) groups excluding carboxylic acids is 1. The van der Waals surface area contributed by atoms with Crippen LogP contribution < -0.4 is 10.6 Å². The summed E-state index contributed by atoms with van der Waals surface area (Å²) in [5.41, 5.74) is 0. The number of amides is 1. The molecule has 0 spiro atoms. The Morgan fingerprint density at radius 1 is 1.21 bits per heavy atom. The van der Waals surface area contributed by atoms with Crippen LogP contribution in [-0.2, 0) is 4.79 Å². The lowest BCUT2D eigenvalue weighted by Gasteiger charge is -2.25. The summed E-state index contributed by atoms with van der Waals surface area (Å²) in [6.45, 7) is 3.92. The second-order valence-electron chi connectivity index (χ2n) is 5.59. The Kier molecular flexibility index (Phi) is 11.4. The first-order valence-corrected chi connectivity index (χ1v) is 7.70. The highest BCUT2D eigenvalue weighted by molar-refractivity contribution is 5.85. The van der Waals surface area contributed by atoms with Crippen molar-refractivity contribution < 1.29 is 4.79 Å². The quantitative estimate of drug-likeness (QED) is 0.674. The minimum absolute atomic E-state index is 0. The summed E-state index contributed by atoms with van der Waals surface area (Å²) in [4.78, 5) is 12.1. The number of halogens is 1. The van der Waals surface area contributed by atoms with Gasteiger partial charge in [-0.15, -0.1) is 12.4 Å². The average molecular weight is 291 g/mol. The summed E-state index contributed by atoms with van der Waals surface area (Å²) in [5, 5.41) is 6.18. The van der Waals surface area contributed by atoms with Gasteiger partial charge in [0.1, 0.15) is 0 Å². The number of rotatable bonds is 8. The van der Waals surface area contributed by atoms with E-state index in [2.05, 4.69) is 17.6 Å². The van der Waals surface area contributed by atoms with Gasteiger partial charge in [-0.1, -0.05) is 39.0 Å². The fourth-order valence-electron chi connectivity index (χ4n) is 2.91. The first kappa shape index (κ1) is 18.7. The van der Waals surface area contributed by atoms with Gasteiger partial charge in [0, 0.05) is 12.5 Å². The van der Waals surface area contributed by atoms with E-state index in [9.17, 15) is 4.79 Å². The molecule has 1 aliphatic rings. The molecule has 114 valence electrons. The van der Waals surface area contributed by atoms with Crippen LogP contribution in [0.25, 0.3) is 0 Å². The molecule has 0 aromatic carbocycles. The summed E-state index contributed by atoms with van der Waals surface area (Å²) in [7, 11) is 1.94. The minimum Gasteiger partial charge on any atom is -0.356 e. The molecule has 1 atom stereocenters. The Bertz CT molecular complexity index is 230. The van der Waals surface area contributed by atoms with E-state index < -0.39 is 0 Å². The maximum atomic E-state index is 12.1. The number of nitrogens with one attached hydrogen (secondary N) is 2. The Balaban J connectivity index is 0.00000324. The number of hydrogen-bond acceptors (Lipinski definition) is 2. The highest BCUT2D eigenvalue weighted by Crippen LogP contribution is 2.30. The normalized spacial score (nSPS) is 17.6. The van der Waals surface area contributed by atoms with Gasteiger partial charge < -0.3 is 10.6 Å². The maximum Gasteiger partial charge on any atom is 0.223 e. The van der Waals surface area contributed by atoms with Crippen molar-refractivity contribution in [3.8, 4) is 0 Å². The molecule has 1 fully saturated rings. The molecule has 0 aromatic heterocycles. The van der Waals surface area contributed by atoms with Crippen molar-refractivity contribution in [2.45, 2.75) is 58.3 Å². The van der Waals surface area contributed by atoms with Crippen molar-refractivity contribution in [2.24, 2.45) is 11.8 Å². The molecule has 0 bridgehead atoms. The fraction of sp³-hybridized carbons (Fsp3) is 0.933. The molecule has 0 heterocycles. The monoisotopic (exact) mass is 290 g/mol. The van der Waals surface area contributed by atoms with Crippen LogP contribution >= 0.6 is 12.4 Å². The van der Waals surface area contributed by atoms with Crippen LogP contribution in [0, 0.1) is 11.8 Å². The van der Waals surface area contributed by atoms with Crippen LogP contribution in [0.1, 0.15) is 58.3 Å². The van der Waals surface area contributed by atoms with E-state index in [1.807, 2.05) is 7.05 Å². The van der Waals surface area contributed by atoms with Gasteiger partial charge in [-0.05, 0) is 38.8 Å². The Morgan fingerprint density at radius 2 is 1.89 bits per heavy atom. The molecule has 1 rings (SSSR count). The van der Waals surface area contributed by atoms with Gasteiger partial charge in [0.15, 0.2) is 0 Å². The van der Waals surface area contributed by atoms with Crippen molar-refractivity contribution in [1.29, 1.82) is 0 Å². The maximum absolute atomic E-state index is 12.1. The molecule has 0 aromatic rings. The summed E-state index contributed by atoms with van der Waals surface area (Å²) in [5.74, 6) is 1.31. The lowest BCUT2D eigenvalue weighted by atomic mass is 9.82. The molecule has 1 aliphatic carbocycles. The van der Waals surface area contributed by atoms with Crippen LogP contribution in [0.15, 0.2) is 0 Å². The third-order valence-electron chi connectivity index (χ3n) is 4.11. The third-order valence-corrected chi connectivity index (χ3v) is 4.11. The highest BCUT2D eigenvalue weighted by atomic mass is 35.5. The number of carbonyl (C=O) groups is 1. The zero-order chi connectivity index (χ0) is 13.2. The van der Waals surface area contributed by atoms with Crippen LogP contribution in [0.3, 0.4) is 0 Å². The third kappa shape index (κ3) is 7.78. The Hall–Kier alpha value is -0.280. The second kappa shape index (κ2) is 11.5. The van der Waals surface area contributed by atoms with Gasteiger partial charge in [0.05, 0.1) is 0 Å². The molecule has 1 saturated carbocycles. The van der Waals surface area contributed by atoms with E-state index in [1.165, 1.54) is 32.1 Å². The average Bonchev–Trinajstić information content (AvgIpc) is 2.42. The van der Waals surface area contributed by atoms with E-state index in [4.69, 9.17) is 0 Å². The highest BCUT2D eigenvalue weighted by Gasteiger charge is 2.22. The summed E-state index contributed by atoms with van der Waals surface area (Å²) < 4.78 is 0. The SMILES string of the molecule is CCC(CC1CCCCC1)C(=O)NCCCNC.Cl. The summed E-state index contributed by atoms with van der Waals surface area (Å²) >= 11 is 0. The Morgan fingerprint density at radius 3 is 2.47 bits per heavy atom. The molecule has 1 amide bonds. The van der Waals surface area contributed by atoms with Crippen molar-refractivity contribution in [3.05, 3.63) is 0 Å². The van der Waals surface area contributed by atoms with Gasteiger partial charge in [0.2, 0.25) is 5.91 Å². The van der Waals surface area contributed by atoms with Gasteiger partial charge in [-0.25, -0.2) is 0 Å². The lowest BCUT2D eigenvalue weighted by Crippen LogP contribution is -2.33. The van der Waals surface area contributed by atoms with E-state index in [-0.39, 0.29) is 24.2 Å². The Labute approximate surface area is 124 Å². The zero-order valence-corrected chi connectivity index (χ0v) is 13.4.